The van der Waals surface area contributed by atoms with Crippen molar-refractivity contribution in [2.45, 2.75) is 65.5 Å². The highest BCUT2D eigenvalue weighted by Gasteiger charge is 2.22. The van der Waals surface area contributed by atoms with Gasteiger partial charge in [-0.15, -0.1) is 0 Å². The lowest BCUT2D eigenvalue weighted by Crippen LogP contribution is -2.35. The number of phenolic OH excluding ortho intramolecular Hbond substituents is 2. The molecular weight excluding hydrogens is 348 g/mol. The van der Waals surface area contributed by atoms with Gasteiger partial charge in [-0.05, 0) is 50.8 Å². The molecule has 2 rings (SSSR count). The average Bonchev–Trinajstić information content (AvgIpc) is 2.59. The molecule has 4 nitrogen and oxygen atoms in total. The highest BCUT2D eigenvalue weighted by Crippen LogP contribution is 2.34. The molecule has 0 saturated heterocycles. The van der Waals surface area contributed by atoms with Crippen LogP contribution in [0, 0.1) is 6.92 Å². The second-order valence-electron chi connectivity index (χ2n) is 9.23. The summed E-state index contributed by atoms with van der Waals surface area (Å²) in [6, 6.07) is 11.4. The normalized spacial score (nSPS) is 13.8. The molecule has 0 radical (unpaired) electrons. The van der Waals surface area contributed by atoms with Gasteiger partial charge in [-0.1, -0.05) is 45.0 Å². The largest absolute Gasteiger partial charge is 0.508 e. The third kappa shape index (κ3) is 5.59. The van der Waals surface area contributed by atoms with Crippen LogP contribution in [0.5, 0.6) is 11.5 Å². The Morgan fingerprint density at radius 1 is 1.07 bits per heavy atom. The zero-order valence-electron chi connectivity index (χ0n) is 18.2. The Kier molecular flexibility index (Phi) is 6.56. The Morgan fingerprint density at radius 3 is 2.32 bits per heavy atom. The van der Waals surface area contributed by atoms with Crippen LogP contribution in [0.3, 0.4) is 0 Å². The first kappa shape index (κ1) is 22.0. The Labute approximate surface area is 169 Å². The van der Waals surface area contributed by atoms with Crippen LogP contribution >= 0.6 is 0 Å². The zero-order valence-corrected chi connectivity index (χ0v) is 18.2. The summed E-state index contributed by atoms with van der Waals surface area (Å²) < 4.78 is 0. The molecule has 0 heterocycles. The van der Waals surface area contributed by atoms with Gasteiger partial charge in [0.25, 0.3) is 0 Å². The first-order chi connectivity index (χ1) is 12.9. The van der Waals surface area contributed by atoms with Gasteiger partial charge < -0.3 is 15.5 Å². The van der Waals surface area contributed by atoms with Crippen LogP contribution in [0.1, 0.15) is 69.8 Å². The van der Waals surface area contributed by atoms with Gasteiger partial charge in [0, 0.05) is 35.5 Å². The minimum absolute atomic E-state index is 0.00976. The number of hydrogen-bond acceptors (Lipinski definition) is 4. The number of nitrogens with zero attached hydrogens (tertiary/aromatic N) is 1. The van der Waals surface area contributed by atoms with E-state index in [1.165, 1.54) is 0 Å². The van der Waals surface area contributed by atoms with Gasteiger partial charge in [0.05, 0.1) is 5.54 Å². The molecule has 0 aliphatic carbocycles. The molecule has 0 aromatic heterocycles. The number of benzene rings is 2. The van der Waals surface area contributed by atoms with E-state index in [0.29, 0.717) is 18.0 Å². The number of aryl methyl sites for hydroxylation is 1. The summed E-state index contributed by atoms with van der Waals surface area (Å²) in [7, 11) is 0. The summed E-state index contributed by atoms with van der Waals surface area (Å²) >= 11 is 0. The minimum Gasteiger partial charge on any atom is -0.508 e. The number of aromatic hydroxyl groups is 2. The molecule has 0 bridgehead atoms. The third-order valence-electron chi connectivity index (χ3n) is 4.89. The van der Waals surface area contributed by atoms with Gasteiger partial charge in [0.15, 0.2) is 0 Å². The van der Waals surface area contributed by atoms with Crippen LogP contribution in [-0.4, -0.2) is 28.5 Å². The number of phenols is 2. The molecule has 1 atom stereocenters. The van der Waals surface area contributed by atoms with Gasteiger partial charge in [-0.2, -0.15) is 0 Å². The summed E-state index contributed by atoms with van der Waals surface area (Å²) in [6.45, 7) is 15.1. The molecule has 2 aromatic rings. The van der Waals surface area contributed by atoms with E-state index >= 15 is 0 Å². The van der Waals surface area contributed by atoms with Crippen LogP contribution in [-0.2, 0) is 5.41 Å². The van der Waals surface area contributed by atoms with E-state index in [1.807, 2.05) is 58.0 Å². The fourth-order valence-electron chi connectivity index (χ4n) is 3.13. The number of hydrogen-bond donors (Lipinski definition) is 3. The molecule has 3 N–H and O–H groups in total. The topological polar surface area (TPSA) is 64.9 Å². The smallest absolute Gasteiger partial charge is 0.128 e. The highest BCUT2D eigenvalue weighted by atomic mass is 16.3. The summed E-state index contributed by atoms with van der Waals surface area (Å²) in [4.78, 5) is 4.73. The van der Waals surface area contributed by atoms with Crippen LogP contribution < -0.4 is 5.32 Å². The number of rotatable bonds is 6. The molecular formula is C24H34N2O2. The van der Waals surface area contributed by atoms with Gasteiger partial charge in [0.2, 0.25) is 0 Å². The van der Waals surface area contributed by atoms with E-state index in [4.69, 9.17) is 4.99 Å². The quantitative estimate of drug-likeness (QED) is 0.598. The average molecular weight is 383 g/mol. The fraction of sp³-hybridized carbons (Fsp3) is 0.458. The Balaban J connectivity index is 2.15. The number of aliphatic imine (C=N–C) groups is 1. The summed E-state index contributed by atoms with van der Waals surface area (Å²) in [5.41, 5.74) is 3.14. The van der Waals surface area contributed by atoms with Gasteiger partial charge in [0.1, 0.15) is 11.5 Å². The minimum atomic E-state index is -0.364. The lowest BCUT2D eigenvalue weighted by atomic mass is 9.84. The van der Waals surface area contributed by atoms with Crippen LogP contribution in [0.25, 0.3) is 0 Å². The van der Waals surface area contributed by atoms with Crippen LogP contribution in [0.2, 0.25) is 0 Å². The van der Waals surface area contributed by atoms with Crippen molar-refractivity contribution in [3.8, 4) is 11.5 Å². The van der Waals surface area contributed by atoms with Crippen LogP contribution in [0.15, 0.2) is 41.4 Å². The predicted octanol–water partition coefficient (Wildman–Crippen LogP) is 5.25. The lowest BCUT2D eigenvalue weighted by molar-refractivity contribution is 0.419. The molecule has 0 aliphatic rings. The Bertz CT molecular complexity index is 848. The molecule has 0 fully saturated rings. The molecule has 0 aliphatic heterocycles. The van der Waals surface area contributed by atoms with Crippen molar-refractivity contribution in [3.63, 3.8) is 0 Å². The SMILES string of the molecule is Cc1cc(C=NC(C)(C)CNC(C)c2ccccc2O)c(O)c(C(C)(C)C)c1. The molecule has 2 aromatic carbocycles. The summed E-state index contributed by atoms with van der Waals surface area (Å²) in [5.74, 6) is 0.594. The van der Waals surface area contributed by atoms with Gasteiger partial charge in [-0.3, -0.25) is 4.99 Å². The van der Waals surface area contributed by atoms with Gasteiger partial charge in [-0.25, -0.2) is 0 Å². The third-order valence-corrected chi connectivity index (χ3v) is 4.89. The Morgan fingerprint density at radius 2 is 1.71 bits per heavy atom. The monoisotopic (exact) mass is 382 g/mol. The van der Waals surface area contributed by atoms with Crippen molar-refractivity contribution in [2.24, 2.45) is 4.99 Å². The first-order valence-corrected chi connectivity index (χ1v) is 9.81. The maximum atomic E-state index is 10.7. The lowest BCUT2D eigenvalue weighted by Gasteiger charge is -2.25. The van der Waals surface area contributed by atoms with Crippen molar-refractivity contribution in [1.29, 1.82) is 0 Å². The van der Waals surface area contributed by atoms with Crippen LogP contribution in [0.4, 0.5) is 0 Å². The molecule has 152 valence electrons. The predicted molar refractivity (Wildman–Crippen MR) is 118 cm³/mol. The summed E-state index contributed by atoms with van der Waals surface area (Å²) in [5, 5.41) is 24.2. The molecule has 0 amide bonds. The number of para-hydroxylation sites is 1. The van der Waals surface area contributed by atoms with Crippen molar-refractivity contribution >= 4 is 6.21 Å². The molecule has 0 spiro atoms. The van der Waals surface area contributed by atoms with E-state index in [2.05, 4.69) is 26.1 Å². The molecule has 28 heavy (non-hydrogen) atoms. The van der Waals surface area contributed by atoms with Crippen molar-refractivity contribution in [2.75, 3.05) is 6.54 Å². The van der Waals surface area contributed by atoms with Crippen molar-refractivity contribution in [1.82, 2.24) is 5.32 Å². The standard InChI is InChI=1S/C24H34N2O2/c1-16-12-18(22(28)20(13-16)23(3,4)5)14-26-24(6,7)15-25-17(2)19-10-8-9-11-21(19)27/h8-14,17,25,27-28H,15H2,1-7H3. The van der Waals surface area contributed by atoms with E-state index < -0.39 is 0 Å². The van der Waals surface area contributed by atoms with E-state index in [1.54, 1.807) is 12.3 Å². The molecule has 1 unspecified atom stereocenters. The molecule has 4 heteroatoms. The zero-order chi connectivity index (χ0) is 21.1. The fourth-order valence-corrected chi connectivity index (χ4v) is 3.13. The maximum absolute atomic E-state index is 10.7. The van der Waals surface area contributed by atoms with Crippen molar-refractivity contribution < 1.29 is 10.2 Å². The number of nitrogens with one attached hydrogen (secondary N) is 1. The second kappa shape index (κ2) is 8.36. The molecule has 0 saturated carbocycles. The highest BCUT2D eigenvalue weighted by molar-refractivity contribution is 5.85. The van der Waals surface area contributed by atoms with Gasteiger partial charge >= 0.3 is 0 Å². The second-order valence-corrected chi connectivity index (χ2v) is 9.23. The summed E-state index contributed by atoms with van der Waals surface area (Å²) in [6.07, 6.45) is 1.77. The van der Waals surface area contributed by atoms with E-state index in [0.717, 1.165) is 22.3 Å². The van der Waals surface area contributed by atoms with E-state index in [-0.39, 0.29) is 17.0 Å². The Hall–Kier alpha value is -2.33. The van der Waals surface area contributed by atoms with E-state index in [9.17, 15) is 10.2 Å². The first-order valence-electron chi connectivity index (χ1n) is 9.81. The van der Waals surface area contributed by atoms with Crippen molar-refractivity contribution in [3.05, 3.63) is 58.7 Å². The maximum Gasteiger partial charge on any atom is 0.128 e.